The lowest BCUT2D eigenvalue weighted by Crippen LogP contribution is -2.26. The molecule has 14 heavy (non-hydrogen) atoms. The van der Waals surface area contributed by atoms with Gasteiger partial charge in [-0.1, -0.05) is 0 Å². The van der Waals surface area contributed by atoms with Crippen LogP contribution >= 0.6 is 0 Å². The summed E-state index contributed by atoms with van der Waals surface area (Å²) in [6, 6.07) is 0. The minimum absolute atomic E-state index is 0.216. The van der Waals surface area contributed by atoms with Crippen LogP contribution in [0.2, 0.25) is 19.6 Å². The number of hydrogen-bond acceptors (Lipinski definition) is 3. The van der Waals surface area contributed by atoms with Crippen LogP contribution < -0.4 is 0 Å². The van der Waals surface area contributed by atoms with E-state index in [1.807, 2.05) is 20.8 Å². The van der Waals surface area contributed by atoms with E-state index in [4.69, 9.17) is 13.9 Å². The molecule has 0 aliphatic rings. The summed E-state index contributed by atoms with van der Waals surface area (Å²) in [6.45, 7) is 12.2. The summed E-state index contributed by atoms with van der Waals surface area (Å²) in [5.74, 6) is 0.457. The minimum Gasteiger partial charge on any atom is -0.518 e. The Morgan fingerprint density at radius 3 is 1.93 bits per heavy atom. The van der Waals surface area contributed by atoms with E-state index in [1.54, 1.807) is 7.11 Å². The maximum Gasteiger partial charge on any atom is 0.301 e. The van der Waals surface area contributed by atoms with Crippen molar-refractivity contribution >= 4 is 8.32 Å². The topological polar surface area (TPSA) is 27.7 Å². The first kappa shape index (κ1) is 13.4. The lowest BCUT2D eigenvalue weighted by Gasteiger charge is -2.22. The average molecular weight is 218 g/mol. The van der Waals surface area contributed by atoms with Gasteiger partial charge < -0.3 is 13.9 Å². The highest BCUT2D eigenvalue weighted by atomic mass is 28.4. The quantitative estimate of drug-likeness (QED) is 0.536. The van der Waals surface area contributed by atoms with E-state index in [0.717, 1.165) is 0 Å². The zero-order valence-electron chi connectivity index (χ0n) is 10.3. The van der Waals surface area contributed by atoms with Gasteiger partial charge in [0, 0.05) is 0 Å². The minimum atomic E-state index is -1.61. The molecule has 0 bridgehead atoms. The molecule has 0 radical (unpaired) electrons. The molecule has 0 amide bonds. The third-order valence-corrected chi connectivity index (χ3v) is 1.93. The number of hydrogen-bond donors (Lipinski definition) is 0. The van der Waals surface area contributed by atoms with Crippen molar-refractivity contribution in [2.45, 2.75) is 46.0 Å². The molecule has 0 unspecified atom stereocenters. The fourth-order valence-corrected chi connectivity index (χ4v) is 1.38. The van der Waals surface area contributed by atoms with Gasteiger partial charge in [-0.15, -0.1) is 0 Å². The van der Waals surface area contributed by atoms with Crippen LogP contribution in [0.4, 0.5) is 0 Å². The molecule has 0 heterocycles. The molecule has 0 N–H and O–H groups in total. The molecule has 3 nitrogen and oxygen atoms in total. The third kappa shape index (κ3) is 7.98. The van der Waals surface area contributed by atoms with Crippen molar-refractivity contribution in [3.05, 3.63) is 12.2 Å². The summed E-state index contributed by atoms with van der Waals surface area (Å²) in [5.41, 5.74) is -0.216. The molecular formula is C10H22O3Si. The summed E-state index contributed by atoms with van der Waals surface area (Å²) in [4.78, 5) is 0. The van der Waals surface area contributed by atoms with Gasteiger partial charge in [0.25, 0.3) is 0 Å². The van der Waals surface area contributed by atoms with E-state index >= 15 is 0 Å². The first-order chi connectivity index (χ1) is 6.14. The number of rotatable bonds is 4. The second-order valence-electron chi connectivity index (χ2n) is 5.09. The normalized spacial score (nSPS) is 13.8. The summed E-state index contributed by atoms with van der Waals surface area (Å²) in [5, 5.41) is 0. The van der Waals surface area contributed by atoms with Crippen LogP contribution in [0.3, 0.4) is 0 Å². The molecule has 0 spiro atoms. The largest absolute Gasteiger partial charge is 0.518 e. The van der Waals surface area contributed by atoms with E-state index in [2.05, 4.69) is 19.6 Å². The van der Waals surface area contributed by atoms with Gasteiger partial charge in [0.05, 0.1) is 7.11 Å². The van der Waals surface area contributed by atoms with E-state index < -0.39 is 8.32 Å². The molecule has 0 fully saturated rings. The molecule has 0 atom stereocenters. The molecule has 0 aromatic carbocycles. The van der Waals surface area contributed by atoms with E-state index in [-0.39, 0.29) is 5.60 Å². The van der Waals surface area contributed by atoms with Crippen LogP contribution in [0.15, 0.2) is 12.2 Å². The average Bonchev–Trinajstić information content (AvgIpc) is 1.94. The van der Waals surface area contributed by atoms with E-state index in [9.17, 15) is 0 Å². The van der Waals surface area contributed by atoms with Gasteiger partial charge in [0.1, 0.15) is 5.60 Å². The summed E-state index contributed by atoms with van der Waals surface area (Å²) >= 11 is 0. The Morgan fingerprint density at radius 1 is 1.14 bits per heavy atom. The maximum absolute atomic E-state index is 5.64. The Labute approximate surface area is 88.2 Å². The fraction of sp³-hybridized carbons (Fsp3) is 0.800. The van der Waals surface area contributed by atoms with Crippen molar-refractivity contribution in [3.8, 4) is 0 Å². The van der Waals surface area contributed by atoms with Crippen molar-refractivity contribution in [2.24, 2.45) is 0 Å². The second-order valence-corrected chi connectivity index (χ2v) is 9.51. The highest BCUT2D eigenvalue weighted by Gasteiger charge is 2.19. The van der Waals surface area contributed by atoms with Gasteiger partial charge in [-0.25, -0.2) is 0 Å². The Balaban J connectivity index is 4.28. The molecule has 0 saturated heterocycles. The fourth-order valence-electron chi connectivity index (χ4n) is 0.641. The van der Waals surface area contributed by atoms with Crippen molar-refractivity contribution in [3.63, 3.8) is 0 Å². The van der Waals surface area contributed by atoms with Crippen molar-refractivity contribution < 1.29 is 13.9 Å². The van der Waals surface area contributed by atoms with Gasteiger partial charge in [0.2, 0.25) is 8.32 Å². The molecule has 4 heteroatoms. The molecule has 0 aromatic heterocycles. The summed E-state index contributed by atoms with van der Waals surface area (Å²) in [6.07, 6.45) is 1.54. The van der Waals surface area contributed by atoms with Crippen molar-refractivity contribution in [1.82, 2.24) is 0 Å². The highest BCUT2D eigenvalue weighted by molar-refractivity contribution is 6.69. The van der Waals surface area contributed by atoms with Crippen LogP contribution in [0.25, 0.3) is 0 Å². The zero-order chi connectivity index (χ0) is 11.4. The van der Waals surface area contributed by atoms with Gasteiger partial charge >= 0.3 is 5.95 Å². The van der Waals surface area contributed by atoms with Crippen molar-refractivity contribution in [2.75, 3.05) is 7.11 Å². The Morgan fingerprint density at radius 2 is 1.64 bits per heavy atom. The van der Waals surface area contributed by atoms with Gasteiger partial charge in [-0.3, -0.25) is 0 Å². The van der Waals surface area contributed by atoms with Crippen LogP contribution in [-0.4, -0.2) is 21.0 Å². The Kier molecular flexibility index (Phi) is 4.51. The molecule has 0 saturated carbocycles. The van der Waals surface area contributed by atoms with Gasteiger partial charge in [0.15, 0.2) is 6.26 Å². The number of ether oxygens (including phenoxy) is 2. The molecular weight excluding hydrogens is 196 g/mol. The van der Waals surface area contributed by atoms with E-state index in [1.165, 1.54) is 6.26 Å². The van der Waals surface area contributed by atoms with Crippen LogP contribution in [0, 0.1) is 0 Å². The Bertz CT molecular complexity index is 198. The van der Waals surface area contributed by atoms with Gasteiger partial charge in [-0.05, 0) is 40.4 Å². The monoisotopic (exact) mass is 218 g/mol. The first-order valence-corrected chi connectivity index (χ1v) is 8.16. The third-order valence-electron chi connectivity index (χ3n) is 1.12. The highest BCUT2D eigenvalue weighted by Crippen LogP contribution is 2.14. The van der Waals surface area contributed by atoms with Crippen LogP contribution in [0.1, 0.15) is 20.8 Å². The lowest BCUT2D eigenvalue weighted by atomic mass is 10.2. The molecule has 84 valence electrons. The molecule has 0 aliphatic heterocycles. The summed E-state index contributed by atoms with van der Waals surface area (Å²) in [7, 11) is -0.0295. The van der Waals surface area contributed by atoms with Crippen LogP contribution in [0.5, 0.6) is 0 Å². The number of methoxy groups -OCH3 is 1. The predicted octanol–water partition coefficient (Wildman–Crippen LogP) is 3.10. The standard InChI is InChI=1S/C10H22O3Si/c1-10(2,3)12-8-9(11-4)13-14(5,6)7/h8H,1-7H3/b9-8-. The Hall–Kier alpha value is -0.643. The maximum atomic E-state index is 5.64. The van der Waals surface area contributed by atoms with Crippen LogP contribution in [-0.2, 0) is 13.9 Å². The van der Waals surface area contributed by atoms with Gasteiger partial charge in [-0.2, -0.15) is 0 Å². The smallest absolute Gasteiger partial charge is 0.301 e. The molecule has 0 aliphatic carbocycles. The van der Waals surface area contributed by atoms with E-state index in [0.29, 0.717) is 5.95 Å². The zero-order valence-corrected chi connectivity index (χ0v) is 11.3. The molecule has 0 rings (SSSR count). The predicted molar refractivity (Wildman–Crippen MR) is 60.4 cm³/mol. The SMILES string of the molecule is CO/C(=C/OC(C)(C)C)O[Si](C)(C)C. The second kappa shape index (κ2) is 4.73. The lowest BCUT2D eigenvalue weighted by molar-refractivity contribution is 0.0466. The van der Waals surface area contributed by atoms with Crippen molar-refractivity contribution in [1.29, 1.82) is 0 Å². The first-order valence-electron chi connectivity index (χ1n) is 4.75. The molecule has 0 aromatic rings. The summed E-state index contributed by atoms with van der Waals surface area (Å²) < 4.78 is 16.1.